The summed E-state index contributed by atoms with van der Waals surface area (Å²) in [5.74, 6) is 0.0418. The molecule has 5 heteroatoms. The summed E-state index contributed by atoms with van der Waals surface area (Å²) in [6.45, 7) is 1.31. The number of primary amides is 1. The van der Waals surface area contributed by atoms with Gasteiger partial charge in [0, 0.05) is 19.5 Å². The standard InChI is InChI=1S/C16H25N3O2/c17-12-16(7-3-1-2-4-8-16)15(21)19-9-5-13(6-10-19)11-14(18)20/h13H,1-11H2,(H2,18,20). The van der Waals surface area contributed by atoms with Crippen LogP contribution in [0.5, 0.6) is 0 Å². The van der Waals surface area contributed by atoms with Gasteiger partial charge in [0.05, 0.1) is 6.07 Å². The van der Waals surface area contributed by atoms with Gasteiger partial charge in [-0.05, 0) is 31.6 Å². The van der Waals surface area contributed by atoms with Gasteiger partial charge in [0.25, 0.3) is 0 Å². The van der Waals surface area contributed by atoms with Gasteiger partial charge in [-0.1, -0.05) is 25.7 Å². The van der Waals surface area contributed by atoms with Crippen LogP contribution in [0.25, 0.3) is 0 Å². The molecular formula is C16H25N3O2. The van der Waals surface area contributed by atoms with Gasteiger partial charge in [0.2, 0.25) is 11.8 Å². The zero-order valence-electron chi connectivity index (χ0n) is 12.6. The molecule has 0 aromatic rings. The number of nitriles is 1. The number of nitrogens with two attached hydrogens (primary N) is 1. The Labute approximate surface area is 126 Å². The van der Waals surface area contributed by atoms with Crippen molar-refractivity contribution in [1.82, 2.24) is 4.90 Å². The Morgan fingerprint density at radius 3 is 2.19 bits per heavy atom. The zero-order chi connectivity index (χ0) is 15.3. The molecule has 1 heterocycles. The molecule has 21 heavy (non-hydrogen) atoms. The Hall–Kier alpha value is -1.57. The second-order valence-corrected chi connectivity index (χ2v) is 6.51. The van der Waals surface area contributed by atoms with Crippen LogP contribution in [-0.2, 0) is 9.59 Å². The van der Waals surface area contributed by atoms with Crippen molar-refractivity contribution in [1.29, 1.82) is 5.26 Å². The molecule has 0 spiro atoms. The molecular weight excluding hydrogens is 266 g/mol. The molecule has 1 aliphatic heterocycles. The van der Waals surface area contributed by atoms with E-state index in [0.717, 1.165) is 38.5 Å². The molecule has 2 fully saturated rings. The van der Waals surface area contributed by atoms with E-state index in [0.29, 0.717) is 38.3 Å². The normalized spacial score (nSPS) is 23.1. The lowest BCUT2D eigenvalue weighted by Gasteiger charge is -2.36. The monoisotopic (exact) mass is 291 g/mol. The maximum atomic E-state index is 12.8. The minimum atomic E-state index is -0.799. The molecule has 0 atom stereocenters. The van der Waals surface area contributed by atoms with Gasteiger partial charge in [-0.15, -0.1) is 0 Å². The highest BCUT2D eigenvalue weighted by atomic mass is 16.2. The van der Waals surface area contributed by atoms with Crippen LogP contribution < -0.4 is 5.73 Å². The summed E-state index contributed by atoms with van der Waals surface area (Å²) in [7, 11) is 0. The minimum Gasteiger partial charge on any atom is -0.370 e. The molecule has 2 amide bonds. The number of carbonyl (C=O) groups is 2. The lowest BCUT2D eigenvalue weighted by atomic mass is 9.79. The summed E-state index contributed by atoms with van der Waals surface area (Å²) in [5.41, 5.74) is 4.43. The quantitative estimate of drug-likeness (QED) is 0.806. The number of carbonyl (C=O) groups excluding carboxylic acids is 2. The number of hydrogen-bond donors (Lipinski definition) is 1. The van der Waals surface area contributed by atoms with Crippen LogP contribution in [0.1, 0.15) is 57.8 Å². The van der Waals surface area contributed by atoms with E-state index in [-0.39, 0.29) is 11.8 Å². The number of nitrogens with zero attached hydrogens (tertiary/aromatic N) is 2. The Morgan fingerprint density at radius 2 is 1.71 bits per heavy atom. The first-order valence-electron chi connectivity index (χ1n) is 8.06. The van der Waals surface area contributed by atoms with Crippen molar-refractivity contribution in [3.63, 3.8) is 0 Å². The first-order valence-corrected chi connectivity index (χ1v) is 8.06. The number of piperidine rings is 1. The maximum absolute atomic E-state index is 12.8. The number of hydrogen-bond acceptors (Lipinski definition) is 3. The fraction of sp³-hybridized carbons (Fsp3) is 0.812. The smallest absolute Gasteiger partial charge is 0.243 e. The third-order valence-corrected chi connectivity index (χ3v) is 4.97. The molecule has 2 N–H and O–H groups in total. The van der Waals surface area contributed by atoms with E-state index in [4.69, 9.17) is 5.73 Å². The van der Waals surface area contributed by atoms with Crippen molar-refractivity contribution in [2.75, 3.05) is 13.1 Å². The van der Waals surface area contributed by atoms with E-state index in [1.165, 1.54) is 0 Å². The molecule has 2 rings (SSSR count). The summed E-state index contributed by atoms with van der Waals surface area (Å²) in [4.78, 5) is 25.6. The topological polar surface area (TPSA) is 87.2 Å². The molecule has 0 bridgehead atoms. The van der Waals surface area contributed by atoms with Crippen molar-refractivity contribution >= 4 is 11.8 Å². The van der Waals surface area contributed by atoms with Crippen molar-refractivity contribution in [2.24, 2.45) is 17.1 Å². The Bertz CT molecular complexity index is 425. The van der Waals surface area contributed by atoms with Crippen molar-refractivity contribution in [3.8, 4) is 6.07 Å². The molecule has 116 valence electrons. The summed E-state index contributed by atoms with van der Waals surface area (Å²) in [5, 5.41) is 9.58. The van der Waals surface area contributed by atoms with E-state index < -0.39 is 5.41 Å². The van der Waals surface area contributed by atoms with Crippen LogP contribution in [-0.4, -0.2) is 29.8 Å². The van der Waals surface area contributed by atoms with E-state index in [1.54, 1.807) is 0 Å². The van der Waals surface area contributed by atoms with Crippen LogP contribution in [0.3, 0.4) is 0 Å². The number of rotatable bonds is 3. The van der Waals surface area contributed by atoms with Crippen molar-refractivity contribution < 1.29 is 9.59 Å². The van der Waals surface area contributed by atoms with E-state index >= 15 is 0 Å². The summed E-state index contributed by atoms with van der Waals surface area (Å²) >= 11 is 0. The third-order valence-electron chi connectivity index (χ3n) is 4.97. The molecule has 5 nitrogen and oxygen atoms in total. The van der Waals surface area contributed by atoms with Gasteiger partial charge in [-0.25, -0.2) is 0 Å². The van der Waals surface area contributed by atoms with Crippen molar-refractivity contribution in [3.05, 3.63) is 0 Å². The molecule has 2 aliphatic rings. The molecule has 1 saturated heterocycles. The van der Waals surface area contributed by atoms with Crippen LogP contribution in [0, 0.1) is 22.7 Å². The van der Waals surface area contributed by atoms with Gasteiger partial charge in [-0.3, -0.25) is 9.59 Å². The second-order valence-electron chi connectivity index (χ2n) is 6.51. The first kappa shape index (κ1) is 15.8. The summed E-state index contributed by atoms with van der Waals surface area (Å²) < 4.78 is 0. The fourth-order valence-electron chi connectivity index (χ4n) is 3.63. The van der Waals surface area contributed by atoms with Gasteiger partial charge in [0.1, 0.15) is 5.41 Å². The molecule has 0 unspecified atom stereocenters. The second kappa shape index (κ2) is 6.93. The highest BCUT2D eigenvalue weighted by Gasteiger charge is 2.42. The van der Waals surface area contributed by atoms with E-state index in [2.05, 4.69) is 6.07 Å². The largest absolute Gasteiger partial charge is 0.370 e. The highest BCUT2D eigenvalue weighted by molar-refractivity contribution is 5.85. The summed E-state index contributed by atoms with van der Waals surface area (Å²) in [6.07, 6.45) is 7.62. The number of amides is 2. The van der Waals surface area contributed by atoms with Gasteiger partial charge in [-0.2, -0.15) is 5.26 Å². The average Bonchev–Trinajstić information content (AvgIpc) is 2.73. The molecule has 0 radical (unpaired) electrons. The predicted molar refractivity (Wildman–Crippen MR) is 78.9 cm³/mol. The third kappa shape index (κ3) is 3.75. The average molecular weight is 291 g/mol. The highest BCUT2D eigenvalue weighted by Crippen LogP contribution is 2.37. The van der Waals surface area contributed by atoms with Crippen LogP contribution in [0.4, 0.5) is 0 Å². The maximum Gasteiger partial charge on any atom is 0.243 e. The Morgan fingerprint density at radius 1 is 1.14 bits per heavy atom. The zero-order valence-corrected chi connectivity index (χ0v) is 12.6. The van der Waals surface area contributed by atoms with Gasteiger partial charge in [0.15, 0.2) is 0 Å². The van der Waals surface area contributed by atoms with Gasteiger partial charge >= 0.3 is 0 Å². The number of likely N-dealkylation sites (tertiary alicyclic amines) is 1. The SMILES string of the molecule is N#CC1(C(=O)N2CCC(CC(N)=O)CC2)CCCCCC1. The lowest BCUT2D eigenvalue weighted by molar-refractivity contribution is -0.141. The molecule has 0 aromatic heterocycles. The molecule has 1 saturated carbocycles. The lowest BCUT2D eigenvalue weighted by Crippen LogP contribution is -2.47. The molecule has 1 aliphatic carbocycles. The van der Waals surface area contributed by atoms with Gasteiger partial charge < -0.3 is 10.6 Å². The van der Waals surface area contributed by atoms with Crippen LogP contribution >= 0.6 is 0 Å². The van der Waals surface area contributed by atoms with E-state index in [1.807, 2.05) is 4.90 Å². The Kier molecular flexibility index (Phi) is 5.22. The molecule has 0 aromatic carbocycles. The first-order chi connectivity index (χ1) is 10.1. The summed E-state index contributed by atoms with van der Waals surface area (Å²) in [6, 6.07) is 2.33. The Balaban J connectivity index is 1.97. The van der Waals surface area contributed by atoms with Crippen molar-refractivity contribution in [2.45, 2.75) is 57.8 Å². The van der Waals surface area contributed by atoms with Crippen LogP contribution in [0.2, 0.25) is 0 Å². The predicted octanol–water partition coefficient (Wildman–Crippen LogP) is 1.96. The fourth-order valence-corrected chi connectivity index (χ4v) is 3.63. The minimum absolute atomic E-state index is 0.0180. The van der Waals surface area contributed by atoms with Crippen LogP contribution in [0.15, 0.2) is 0 Å². The van der Waals surface area contributed by atoms with E-state index in [9.17, 15) is 14.9 Å².